The molecule has 0 radical (unpaired) electrons. The van der Waals surface area contributed by atoms with E-state index in [1.165, 1.54) is 0 Å². The molecule has 3 heterocycles. The first-order chi connectivity index (χ1) is 16.5. The molecule has 1 aliphatic heterocycles. The number of benzene rings is 1. The van der Waals surface area contributed by atoms with Gasteiger partial charge in [0.15, 0.2) is 0 Å². The second kappa shape index (κ2) is 11.7. The summed E-state index contributed by atoms with van der Waals surface area (Å²) in [6.45, 7) is 2.29. The van der Waals surface area contributed by atoms with E-state index in [9.17, 15) is 15.0 Å². The first-order valence-electron chi connectivity index (χ1n) is 11.6. The number of oxazole rings is 1. The Balaban J connectivity index is 1.31. The first kappa shape index (κ1) is 24.5. The lowest BCUT2D eigenvalue weighted by molar-refractivity contribution is -0.146. The monoisotopic (exact) mass is 485 g/mol. The molecule has 34 heavy (non-hydrogen) atoms. The molecule has 2 aromatic heterocycles. The predicted octanol–water partition coefficient (Wildman–Crippen LogP) is 4.25. The maximum Gasteiger partial charge on any atom is 0.308 e. The maximum atomic E-state index is 12.0. The minimum absolute atomic E-state index is 0.0488. The molecule has 9 heteroatoms. The largest absolute Gasteiger partial charge is 0.497 e. The van der Waals surface area contributed by atoms with E-state index in [1.54, 1.807) is 37.5 Å². The quantitative estimate of drug-likeness (QED) is 0.304. The second-order valence-electron chi connectivity index (χ2n) is 8.67. The van der Waals surface area contributed by atoms with Crippen molar-refractivity contribution in [2.45, 2.75) is 37.0 Å². The molecule has 0 spiro atoms. The molecule has 8 nitrogen and oxygen atoms in total. The molecule has 2 N–H and O–H groups in total. The number of carbonyl (C=O) groups is 1. The number of carboxylic acid groups (broad SMARTS) is 1. The summed E-state index contributed by atoms with van der Waals surface area (Å²) in [7, 11) is 1.61. The van der Waals surface area contributed by atoms with E-state index >= 15 is 0 Å². The number of aliphatic hydroxyl groups excluding tert-OH is 1. The maximum absolute atomic E-state index is 12.0. The lowest BCUT2D eigenvalue weighted by atomic mass is 9.81. The van der Waals surface area contributed by atoms with Crippen molar-refractivity contribution in [2.75, 3.05) is 32.5 Å². The third-order valence-corrected chi connectivity index (χ3v) is 7.50. The molecule has 182 valence electrons. The summed E-state index contributed by atoms with van der Waals surface area (Å²) < 4.78 is 10.6. The van der Waals surface area contributed by atoms with E-state index in [0.717, 1.165) is 48.2 Å². The minimum Gasteiger partial charge on any atom is -0.497 e. The van der Waals surface area contributed by atoms with Gasteiger partial charge in [0.1, 0.15) is 12.0 Å². The van der Waals surface area contributed by atoms with Crippen molar-refractivity contribution in [3.05, 3.63) is 48.5 Å². The highest BCUT2D eigenvalue weighted by Crippen LogP contribution is 2.34. The summed E-state index contributed by atoms with van der Waals surface area (Å²) in [4.78, 5) is 22.7. The van der Waals surface area contributed by atoms with Crippen LogP contribution in [-0.4, -0.2) is 63.5 Å². The number of carboxylic acids is 1. The highest BCUT2D eigenvalue weighted by Gasteiger charge is 2.34. The zero-order valence-electron chi connectivity index (χ0n) is 19.3. The molecule has 0 aliphatic carbocycles. The number of pyridine rings is 1. The number of aliphatic carboxylic acids is 1. The van der Waals surface area contributed by atoms with Crippen LogP contribution in [0.15, 0.2) is 52.6 Å². The Bertz CT molecular complexity index is 1080. The Kier molecular flexibility index (Phi) is 8.42. The molecule has 3 aromatic rings. The van der Waals surface area contributed by atoms with Gasteiger partial charge in [-0.05, 0) is 74.5 Å². The predicted molar refractivity (Wildman–Crippen MR) is 130 cm³/mol. The van der Waals surface area contributed by atoms with E-state index in [4.69, 9.17) is 9.15 Å². The number of piperidine rings is 1. The number of likely N-dealkylation sites (tertiary alicyclic amines) is 1. The van der Waals surface area contributed by atoms with Crippen molar-refractivity contribution in [3.63, 3.8) is 0 Å². The van der Waals surface area contributed by atoms with E-state index < -0.39 is 18.0 Å². The molecule has 4 rings (SSSR count). The fourth-order valence-corrected chi connectivity index (χ4v) is 5.42. The van der Waals surface area contributed by atoms with Crippen LogP contribution in [0.5, 0.6) is 5.75 Å². The van der Waals surface area contributed by atoms with Crippen molar-refractivity contribution < 1.29 is 24.2 Å². The lowest BCUT2D eigenvalue weighted by Crippen LogP contribution is -2.44. The molecule has 1 unspecified atom stereocenters. The molecular formula is C25H31N3O5S. The number of nitrogens with zero attached hydrogens (tertiary/aromatic N) is 3. The Morgan fingerprint density at radius 1 is 1.32 bits per heavy atom. The minimum atomic E-state index is -0.752. The molecule has 0 amide bonds. The Morgan fingerprint density at radius 2 is 2.21 bits per heavy atom. The van der Waals surface area contributed by atoms with Gasteiger partial charge in [0, 0.05) is 23.9 Å². The van der Waals surface area contributed by atoms with Crippen molar-refractivity contribution in [2.24, 2.45) is 11.8 Å². The summed E-state index contributed by atoms with van der Waals surface area (Å²) >= 11 is 1.57. The van der Waals surface area contributed by atoms with Gasteiger partial charge in [-0.15, -0.1) is 0 Å². The molecule has 1 aliphatic rings. The van der Waals surface area contributed by atoms with Gasteiger partial charge in [0.2, 0.25) is 0 Å². The van der Waals surface area contributed by atoms with Gasteiger partial charge in [-0.3, -0.25) is 9.78 Å². The average Bonchev–Trinajstić information content (AvgIpc) is 3.38. The molecular weight excluding hydrogens is 454 g/mol. The third-order valence-electron chi connectivity index (χ3n) is 6.56. The van der Waals surface area contributed by atoms with Crippen LogP contribution < -0.4 is 4.74 Å². The van der Waals surface area contributed by atoms with Gasteiger partial charge in [0.05, 0.1) is 30.8 Å². The van der Waals surface area contributed by atoms with Gasteiger partial charge in [0.25, 0.3) is 5.22 Å². The molecule has 0 bridgehead atoms. The van der Waals surface area contributed by atoms with Crippen LogP contribution in [0.4, 0.5) is 0 Å². The SMILES string of the molecule is COc1ccc2nccc(C(O)CC[C@@H]3CCN(CCCSc4ncco4)C[C@@H]3C(=O)O)c2c1. The summed E-state index contributed by atoms with van der Waals surface area (Å²) in [5, 5.41) is 22.4. The number of methoxy groups -OCH3 is 1. The molecule has 0 saturated carbocycles. The number of ether oxygens (including phenoxy) is 1. The zero-order valence-corrected chi connectivity index (χ0v) is 20.1. The molecule has 1 fully saturated rings. The molecule has 1 aromatic carbocycles. The number of aromatic nitrogens is 2. The van der Waals surface area contributed by atoms with E-state index in [-0.39, 0.29) is 5.92 Å². The number of fused-ring (bicyclic) bond motifs is 1. The van der Waals surface area contributed by atoms with E-state index in [0.29, 0.717) is 30.4 Å². The number of thioether (sulfide) groups is 1. The van der Waals surface area contributed by atoms with Gasteiger partial charge in [-0.25, -0.2) is 4.98 Å². The van der Waals surface area contributed by atoms with Crippen LogP contribution in [0.1, 0.15) is 37.4 Å². The van der Waals surface area contributed by atoms with Gasteiger partial charge < -0.3 is 24.3 Å². The number of hydrogen-bond donors (Lipinski definition) is 2. The number of hydrogen-bond acceptors (Lipinski definition) is 8. The summed E-state index contributed by atoms with van der Waals surface area (Å²) in [5.74, 6) is 0.473. The Hall–Kier alpha value is -2.62. The topological polar surface area (TPSA) is 109 Å². The normalized spacial score (nSPS) is 19.8. The van der Waals surface area contributed by atoms with Gasteiger partial charge >= 0.3 is 5.97 Å². The first-order valence-corrected chi connectivity index (χ1v) is 12.6. The van der Waals surface area contributed by atoms with E-state index in [1.807, 2.05) is 24.3 Å². The van der Waals surface area contributed by atoms with E-state index in [2.05, 4.69) is 14.9 Å². The van der Waals surface area contributed by atoms with Crippen LogP contribution in [0.3, 0.4) is 0 Å². The van der Waals surface area contributed by atoms with Crippen molar-refractivity contribution >= 4 is 28.6 Å². The second-order valence-corrected chi connectivity index (χ2v) is 9.72. The smallest absolute Gasteiger partial charge is 0.308 e. The van der Waals surface area contributed by atoms with Crippen LogP contribution in [0.2, 0.25) is 0 Å². The third kappa shape index (κ3) is 6.08. The van der Waals surface area contributed by atoms with Crippen molar-refractivity contribution in [1.29, 1.82) is 0 Å². The Labute approximate surface area is 203 Å². The van der Waals surface area contributed by atoms with Crippen molar-refractivity contribution in [3.8, 4) is 5.75 Å². The van der Waals surface area contributed by atoms with Crippen LogP contribution in [0.25, 0.3) is 10.9 Å². The molecule has 3 atom stereocenters. The fourth-order valence-electron chi connectivity index (χ4n) is 4.72. The fraction of sp³-hybridized carbons (Fsp3) is 0.480. The van der Waals surface area contributed by atoms with Gasteiger partial charge in [-0.2, -0.15) is 0 Å². The highest BCUT2D eigenvalue weighted by molar-refractivity contribution is 7.99. The summed E-state index contributed by atoms with van der Waals surface area (Å²) in [6.07, 6.45) is 7.16. The number of rotatable bonds is 11. The number of aliphatic hydroxyl groups is 1. The van der Waals surface area contributed by atoms with Gasteiger partial charge in [-0.1, -0.05) is 11.8 Å². The average molecular weight is 486 g/mol. The standard InChI is InChI=1S/C25H31N3O5S/c1-32-18-4-5-22-20(15-18)19(7-9-26-22)23(29)6-3-17-8-12-28(16-21(17)24(30)31)11-2-14-34-25-27-10-13-33-25/h4-5,7,9-10,13,15,17,21,23,29H,2-3,6,8,11-12,14,16H2,1H3,(H,30,31)/t17-,21+,23?/m1/s1. The Morgan fingerprint density at radius 3 is 2.97 bits per heavy atom. The lowest BCUT2D eigenvalue weighted by Gasteiger charge is -2.37. The summed E-state index contributed by atoms with van der Waals surface area (Å²) in [5.41, 5.74) is 1.60. The van der Waals surface area contributed by atoms with Crippen LogP contribution in [0, 0.1) is 11.8 Å². The highest BCUT2D eigenvalue weighted by atomic mass is 32.2. The molecule has 1 saturated heterocycles. The van der Waals surface area contributed by atoms with Crippen LogP contribution in [-0.2, 0) is 4.79 Å². The summed E-state index contributed by atoms with van der Waals surface area (Å²) in [6, 6.07) is 7.45. The van der Waals surface area contributed by atoms with Crippen molar-refractivity contribution in [1.82, 2.24) is 14.9 Å². The zero-order chi connectivity index (χ0) is 23.9. The van der Waals surface area contributed by atoms with Crippen LogP contribution >= 0.6 is 11.8 Å².